The molecule has 1 aliphatic heterocycles. The summed E-state index contributed by atoms with van der Waals surface area (Å²) in [5, 5.41) is 8.65. The van der Waals surface area contributed by atoms with Crippen LogP contribution in [0.15, 0.2) is 0 Å². The van der Waals surface area contributed by atoms with Crippen molar-refractivity contribution in [2.75, 3.05) is 25.1 Å². The van der Waals surface area contributed by atoms with Crippen molar-refractivity contribution in [3.8, 4) is 5.75 Å². The van der Waals surface area contributed by atoms with Gasteiger partial charge in [-0.1, -0.05) is 0 Å². The van der Waals surface area contributed by atoms with E-state index in [1.54, 1.807) is 0 Å². The van der Waals surface area contributed by atoms with Crippen molar-refractivity contribution >= 4 is 11.8 Å². The number of hydrogen-bond donors (Lipinski definition) is 1. The van der Waals surface area contributed by atoms with Crippen LogP contribution in [0.2, 0.25) is 0 Å². The quantitative estimate of drug-likeness (QED) is 0.900. The van der Waals surface area contributed by atoms with E-state index < -0.39 is 5.97 Å². The predicted molar refractivity (Wildman–Crippen MR) is 73.0 cm³/mol. The van der Waals surface area contributed by atoms with Crippen molar-refractivity contribution in [1.82, 2.24) is 4.98 Å². The highest BCUT2D eigenvalue weighted by molar-refractivity contribution is 5.66. The van der Waals surface area contributed by atoms with Crippen LogP contribution in [0.4, 0.5) is 5.82 Å². The molecule has 1 N–H and O–H groups in total. The second-order valence-electron chi connectivity index (χ2n) is 4.97. The Morgan fingerprint density at radius 2 is 2.21 bits per heavy atom. The van der Waals surface area contributed by atoms with Crippen LogP contribution in [0.1, 0.15) is 29.7 Å². The fraction of sp³-hybridized carbons (Fsp3) is 0.571. The summed E-state index contributed by atoms with van der Waals surface area (Å²) in [6, 6.07) is 0. The minimum Gasteiger partial charge on any atom is -0.491 e. The number of hydrogen-bond acceptors (Lipinski definition) is 4. The lowest BCUT2D eigenvalue weighted by Gasteiger charge is -2.29. The molecule has 0 radical (unpaired) electrons. The van der Waals surface area contributed by atoms with Gasteiger partial charge in [-0.05, 0) is 32.3 Å². The molecule has 1 aromatic rings. The van der Waals surface area contributed by atoms with Crippen molar-refractivity contribution < 1.29 is 14.6 Å². The van der Waals surface area contributed by atoms with Crippen LogP contribution in [-0.2, 0) is 11.2 Å². The van der Waals surface area contributed by atoms with Gasteiger partial charge in [0.25, 0.3) is 0 Å². The number of pyridine rings is 1. The molecule has 0 fully saturated rings. The third-order valence-electron chi connectivity index (χ3n) is 3.51. The highest BCUT2D eigenvalue weighted by atomic mass is 16.5. The molecule has 2 rings (SSSR count). The van der Waals surface area contributed by atoms with Crippen molar-refractivity contribution in [2.45, 2.75) is 33.1 Å². The van der Waals surface area contributed by atoms with E-state index in [1.165, 1.54) is 5.56 Å². The van der Waals surface area contributed by atoms with Crippen molar-refractivity contribution in [3.05, 3.63) is 16.8 Å². The van der Waals surface area contributed by atoms with Crippen LogP contribution in [0.3, 0.4) is 0 Å². The van der Waals surface area contributed by atoms with E-state index >= 15 is 0 Å². The normalized spacial score (nSPS) is 14.2. The summed E-state index contributed by atoms with van der Waals surface area (Å²) in [6.45, 7) is 5.15. The molecule has 5 nitrogen and oxygen atoms in total. The minimum atomic E-state index is -0.846. The van der Waals surface area contributed by atoms with Gasteiger partial charge in [0.2, 0.25) is 0 Å². The summed E-state index contributed by atoms with van der Waals surface area (Å²) in [7, 11) is 2.05. The molecule has 5 heteroatoms. The third-order valence-corrected chi connectivity index (χ3v) is 3.51. The van der Waals surface area contributed by atoms with Gasteiger partial charge in [-0.25, -0.2) is 4.98 Å². The number of ether oxygens (including phenoxy) is 1. The first-order valence-corrected chi connectivity index (χ1v) is 6.56. The summed E-state index contributed by atoms with van der Waals surface area (Å²) in [5.74, 6) is 0.933. The van der Waals surface area contributed by atoms with Gasteiger partial charge < -0.3 is 14.7 Å². The number of carbonyl (C=O) groups is 1. The van der Waals surface area contributed by atoms with Crippen LogP contribution >= 0.6 is 0 Å². The molecule has 0 bridgehead atoms. The molecule has 0 spiro atoms. The molecule has 0 aliphatic carbocycles. The van der Waals surface area contributed by atoms with E-state index in [1.807, 2.05) is 13.8 Å². The molecule has 1 aromatic heterocycles. The van der Waals surface area contributed by atoms with Gasteiger partial charge in [0.05, 0.1) is 18.7 Å². The average Bonchev–Trinajstić information content (AvgIpc) is 2.34. The van der Waals surface area contributed by atoms with E-state index in [0.29, 0.717) is 0 Å². The molecule has 0 aromatic carbocycles. The second-order valence-corrected chi connectivity index (χ2v) is 4.97. The molecule has 2 heterocycles. The summed E-state index contributed by atoms with van der Waals surface area (Å²) >= 11 is 0. The van der Waals surface area contributed by atoms with Crippen LogP contribution in [0.5, 0.6) is 5.75 Å². The molecule has 0 saturated heterocycles. The predicted octanol–water partition coefficient (Wildman–Crippen LogP) is 1.93. The Labute approximate surface area is 113 Å². The van der Waals surface area contributed by atoms with E-state index in [0.717, 1.165) is 42.2 Å². The zero-order valence-corrected chi connectivity index (χ0v) is 11.7. The van der Waals surface area contributed by atoms with Gasteiger partial charge in [0, 0.05) is 19.2 Å². The maximum Gasteiger partial charge on any atom is 0.306 e. The minimum absolute atomic E-state index is 0.00979. The highest BCUT2D eigenvalue weighted by Crippen LogP contribution is 2.34. The Hall–Kier alpha value is -1.78. The Kier molecular flexibility index (Phi) is 3.93. The van der Waals surface area contributed by atoms with E-state index in [4.69, 9.17) is 9.84 Å². The Bertz CT molecular complexity index is 500. The molecule has 0 unspecified atom stereocenters. The number of fused-ring (bicyclic) bond motifs is 1. The summed E-state index contributed by atoms with van der Waals surface area (Å²) in [5.41, 5.74) is 3.15. The molecular formula is C14H20N2O3. The lowest BCUT2D eigenvalue weighted by molar-refractivity contribution is -0.137. The van der Waals surface area contributed by atoms with E-state index in [9.17, 15) is 4.79 Å². The smallest absolute Gasteiger partial charge is 0.306 e. The molecular weight excluding hydrogens is 244 g/mol. The van der Waals surface area contributed by atoms with Gasteiger partial charge in [-0.2, -0.15) is 0 Å². The van der Waals surface area contributed by atoms with Crippen LogP contribution in [-0.4, -0.2) is 36.3 Å². The van der Waals surface area contributed by atoms with Crippen LogP contribution in [0, 0.1) is 13.8 Å². The van der Waals surface area contributed by atoms with Crippen molar-refractivity contribution in [1.29, 1.82) is 0 Å². The van der Waals surface area contributed by atoms with Gasteiger partial charge in [-0.3, -0.25) is 4.79 Å². The van der Waals surface area contributed by atoms with Crippen LogP contribution in [0.25, 0.3) is 0 Å². The van der Waals surface area contributed by atoms with E-state index in [-0.39, 0.29) is 13.0 Å². The van der Waals surface area contributed by atoms with Crippen molar-refractivity contribution in [2.24, 2.45) is 0 Å². The lowest BCUT2D eigenvalue weighted by atomic mass is 9.99. The monoisotopic (exact) mass is 264 g/mol. The first-order valence-electron chi connectivity index (χ1n) is 6.56. The maximum absolute atomic E-state index is 10.5. The van der Waals surface area contributed by atoms with Gasteiger partial charge in [-0.15, -0.1) is 0 Å². The van der Waals surface area contributed by atoms with Gasteiger partial charge in [0.1, 0.15) is 11.6 Å². The number of anilines is 1. The summed E-state index contributed by atoms with van der Waals surface area (Å²) < 4.78 is 5.62. The largest absolute Gasteiger partial charge is 0.491 e. The summed E-state index contributed by atoms with van der Waals surface area (Å²) in [6.07, 6.45) is 2.13. The van der Waals surface area contributed by atoms with Gasteiger partial charge in [0.15, 0.2) is 0 Å². The first-order chi connectivity index (χ1) is 9.00. The number of carboxylic acid groups (broad SMARTS) is 1. The Balaban J connectivity index is 2.27. The Morgan fingerprint density at radius 1 is 1.47 bits per heavy atom. The SMILES string of the molecule is Cc1nc2c(c(C)c1OCCC(=O)O)CCCN2C. The molecule has 104 valence electrons. The van der Waals surface area contributed by atoms with Crippen LogP contribution < -0.4 is 9.64 Å². The maximum atomic E-state index is 10.5. The topological polar surface area (TPSA) is 62.7 Å². The zero-order valence-electron chi connectivity index (χ0n) is 11.7. The fourth-order valence-electron chi connectivity index (χ4n) is 2.52. The number of aliphatic carboxylic acids is 1. The molecule has 0 atom stereocenters. The summed E-state index contributed by atoms with van der Waals surface area (Å²) in [4.78, 5) is 17.3. The first kappa shape index (κ1) is 13.6. The lowest BCUT2D eigenvalue weighted by Crippen LogP contribution is -2.27. The zero-order chi connectivity index (χ0) is 14.0. The molecule has 1 aliphatic rings. The number of nitrogens with zero attached hydrogens (tertiary/aromatic N) is 2. The molecule has 19 heavy (non-hydrogen) atoms. The average molecular weight is 264 g/mol. The number of aromatic nitrogens is 1. The molecule has 0 saturated carbocycles. The van der Waals surface area contributed by atoms with Gasteiger partial charge >= 0.3 is 5.97 Å². The number of aryl methyl sites for hydroxylation is 1. The highest BCUT2D eigenvalue weighted by Gasteiger charge is 2.21. The Morgan fingerprint density at radius 3 is 2.89 bits per heavy atom. The fourth-order valence-corrected chi connectivity index (χ4v) is 2.52. The molecule has 0 amide bonds. The van der Waals surface area contributed by atoms with Crippen molar-refractivity contribution in [3.63, 3.8) is 0 Å². The third kappa shape index (κ3) is 2.80. The standard InChI is InChI=1S/C14H20N2O3/c1-9-11-5-4-7-16(3)14(11)15-10(2)13(9)19-8-6-12(17)18/h4-8H2,1-3H3,(H,17,18). The number of rotatable bonds is 4. The van der Waals surface area contributed by atoms with E-state index in [2.05, 4.69) is 16.9 Å². The second kappa shape index (κ2) is 5.47. The number of carboxylic acids is 1.